The van der Waals surface area contributed by atoms with Crippen LogP contribution in [-0.2, 0) is 28.8 Å². The third-order valence-corrected chi connectivity index (χ3v) is 5.81. The van der Waals surface area contributed by atoms with Crippen LogP contribution in [-0.4, -0.2) is 50.9 Å². The highest BCUT2D eigenvalue weighted by molar-refractivity contribution is 5.81. The predicted octanol–water partition coefficient (Wildman–Crippen LogP) is 0.800. The molecule has 6 unspecified atom stereocenters. The van der Waals surface area contributed by atoms with E-state index < -0.39 is 71.1 Å². The molecule has 9 N–H and O–H groups in total. The van der Waals surface area contributed by atoms with Crippen molar-refractivity contribution in [1.82, 2.24) is 0 Å². The van der Waals surface area contributed by atoms with Gasteiger partial charge in [-0.3, -0.25) is 28.8 Å². The molecule has 0 aromatic heterocycles. The fourth-order valence-corrected chi connectivity index (χ4v) is 3.31. The Morgan fingerprint density at radius 2 is 0.912 bits per heavy atom. The molecule has 0 spiro atoms. The maximum Gasteiger partial charge on any atom is 0.306 e. The molecule has 0 radical (unpaired) electrons. The molecule has 0 aliphatic carbocycles. The quantitative estimate of drug-likeness (QED) is 0.179. The average Bonchev–Trinajstić information content (AvgIpc) is 2.72. The summed E-state index contributed by atoms with van der Waals surface area (Å²) in [5.41, 5.74) is 15.6. The largest absolute Gasteiger partial charge is 0.481 e. The molecule has 0 aliphatic rings. The van der Waals surface area contributed by atoms with Gasteiger partial charge in [-0.25, -0.2) is 0 Å². The summed E-state index contributed by atoms with van der Waals surface area (Å²) in [5, 5.41) is 26.5. The van der Waals surface area contributed by atoms with E-state index in [-0.39, 0.29) is 25.7 Å². The van der Waals surface area contributed by atoms with Crippen LogP contribution >= 0.6 is 0 Å². The van der Waals surface area contributed by atoms with Crippen molar-refractivity contribution >= 4 is 35.6 Å². The van der Waals surface area contributed by atoms with Gasteiger partial charge in [0.25, 0.3) is 0 Å². The molecule has 0 saturated heterocycles. The Morgan fingerprint density at radius 1 is 0.529 bits per heavy atom. The van der Waals surface area contributed by atoms with E-state index in [1.807, 2.05) is 6.92 Å². The second-order valence-corrected chi connectivity index (χ2v) is 8.57. The molecule has 0 heterocycles. The van der Waals surface area contributed by atoms with Crippen molar-refractivity contribution in [2.45, 2.75) is 66.2 Å². The first-order valence-electron chi connectivity index (χ1n) is 11.1. The lowest BCUT2D eigenvalue weighted by molar-refractivity contribution is -0.147. The van der Waals surface area contributed by atoms with E-state index in [1.165, 1.54) is 6.92 Å². The number of carbonyl (C=O) groups is 6. The van der Waals surface area contributed by atoms with Crippen molar-refractivity contribution in [2.75, 3.05) is 0 Å². The summed E-state index contributed by atoms with van der Waals surface area (Å²) < 4.78 is 0. The van der Waals surface area contributed by atoms with Crippen molar-refractivity contribution in [3.05, 3.63) is 0 Å². The van der Waals surface area contributed by atoms with Crippen LogP contribution in [0.15, 0.2) is 0 Å². The molecule has 12 heteroatoms. The minimum absolute atomic E-state index is 0.0290. The number of primary amides is 3. The average molecular weight is 490 g/mol. The second kappa shape index (κ2) is 16.4. The second-order valence-electron chi connectivity index (χ2n) is 8.57. The number of carbonyl (C=O) groups excluding carboxylic acids is 3. The molecule has 0 rings (SSSR count). The number of carboxylic acid groups (broad SMARTS) is 3. The van der Waals surface area contributed by atoms with E-state index in [2.05, 4.69) is 0 Å². The first-order chi connectivity index (χ1) is 15.6. The molecular weight excluding hydrogens is 450 g/mol. The molecule has 6 atom stereocenters. The summed E-state index contributed by atoms with van der Waals surface area (Å²) in [4.78, 5) is 65.6. The number of hydrogen-bond acceptors (Lipinski definition) is 6. The third kappa shape index (κ3) is 13.4. The number of aliphatic carboxylic acids is 3. The van der Waals surface area contributed by atoms with Gasteiger partial charge in [-0.2, -0.15) is 0 Å². The van der Waals surface area contributed by atoms with E-state index in [4.69, 9.17) is 32.5 Å². The van der Waals surface area contributed by atoms with E-state index >= 15 is 0 Å². The molecule has 34 heavy (non-hydrogen) atoms. The monoisotopic (exact) mass is 489 g/mol. The smallest absolute Gasteiger partial charge is 0.306 e. The number of carboxylic acids is 3. The van der Waals surface area contributed by atoms with Gasteiger partial charge in [0.1, 0.15) is 0 Å². The van der Waals surface area contributed by atoms with E-state index in [0.29, 0.717) is 12.8 Å². The fraction of sp³-hybridized carbons (Fsp3) is 0.727. The minimum Gasteiger partial charge on any atom is -0.481 e. The molecule has 0 saturated carbocycles. The van der Waals surface area contributed by atoms with Crippen molar-refractivity contribution in [1.29, 1.82) is 0 Å². The standard InChI is InChI=1S/C11H21N3O3.C11H18O6/c1-3-7(10(13)16)5-8(11(14)17)4-6(2)9(12)15;1-3-7(10(14)15)5-8(11(16)17)4-6(2)9(12)13/h6-8H,3-5H2,1-2H3,(H2,12,15)(H2,13,16)(H2,14,17);6-8H,3-5H2,1-2H3,(H,12,13)(H,14,15)(H,16,17). The Hall–Kier alpha value is -3.18. The SMILES string of the molecule is CCC(CC(CC(C)C(=O)O)C(=O)O)C(=O)O.CCC(CC(CC(C)C(N)=O)C(N)=O)C(N)=O. The van der Waals surface area contributed by atoms with Crippen LogP contribution < -0.4 is 17.2 Å². The van der Waals surface area contributed by atoms with Gasteiger partial charge in [0.05, 0.1) is 17.8 Å². The van der Waals surface area contributed by atoms with Gasteiger partial charge in [0, 0.05) is 17.8 Å². The molecule has 12 nitrogen and oxygen atoms in total. The van der Waals surface area contributed by atoms with Crippen LogP contribution in [0.2, 0.25) is 0 Å². The minimum atomic E-state index is -1.14. The lowest BCUT2D eigenvalue weighted by Crippen LogP contribution is -2.33. The summed E-state index contributed by atoms with van der Waals surface area (Å²) >= 11 is 0. The zero-order valence-electron chi connectivity index (χ0n) is 20.2. The number of hydrogen-bond donors (Lipinski definition) is 6. The number of nitrogens with two attached hydrogens (primary N) is 3. The predicted molar refractivity (Wildman–Crippen MR) is 122 cm³/mol. The Morgan fingerprint density at radius 3 is 1.21 bits per heavy atom. The normalized spacial score (nSPS) is 15.9. The van der Waals surface area contributed by atoms with Crippen LogP contribution in [0, 0.1) is 35.5 Å². The molecule has 0 bridgehead atoms. The van der Waals surface area contributed by atoms with Gasteiger partial charge >= 0.3 is 17.9 Å². The van der Waals surface area contributed by atoms with Crippen LogP contribution in [0.1, 0.15) is 66.2 Å². The molecule has 0 aromatic carbocycles. The maximum absolute atomic E-state index is 11.2. The topological polar surface area (TPSA) is 241 Å². The van der Waals surface area contributed by atoms with Gasteiger partial charge in [0.15, 0.2) is 0 Å². The fourth-order valence-electron chi connectivity index (χ4n) is 3.31. The van der Waals surface area contributed by atoms with Crippen LogP contribution in [0.4, 0.5) is 0 Å². The Bertz CT molecular complexity index is 666. The summed E-state index contributed by atoms with van der Waals surface area (Å²) in [7, 11) is 0. The summed E-state index contributed by atoms with van der Waals surface area (Å²) in [6, 6.07) is 0. The summed E-state index contributed by atoms with van der Waals surface area (Å²) in [6.45, 7) is 6.52. The van der Waals surface area contributed by atoms with Gasteiger partial charge in [-0.1, -0.05) is 27.7 Å². The Balaban J connectivity index is 0. The molecule has 196 valence electrons. The Labute approximate surface area is 199 Å². The van der Waals surface area contributed by atoms with E-state index in [0.717, 1.165) is 0 Å². The molecule has 0 aromatic rings. The highest BCUT2D eigenvalue weighted by atomic mass is 16.4. The van der Waals surface area contributed by atoms with Gasteiger partial charge in [-0.05, 0) is 38.5 Å². The highest BCUT2D eigenvalue weighted by Gasteiger charge is 2.29. The summed E-state index contributed by atoms with van der Waals surface area (Å²) in [6.07, 6.45) is 1.34. The zero-order valence-corrected chi connectivity index (χ0v) is 20.2. The van der Waals surface area contributed by atoms with Crippen LogP contribution in [0.5, 0.6) is 0 Å². The lowest BCUT2D eigenvalue weighted by Gasteiger charge is -2.20. The number of amides is 3. The van der Waals surface area contributed by atoms with Crippen LogP contribution in [0.25, 0.3) is 0 Å². The molecule has 3 amide bonds. The Kier molecular flexibility index (Phi) is 16.0. The zero-order chi connectivity index (χ0) is 27.2. The van der Waals surface area contributed by atoms with Crippen molar-refractivity contribution in [3.8, 4) is 0 Å². The third-order valence-electron chi connectivity index (χ3n) is 5.81. The first kappa shape index (κ1) is 33.0. The van der Waals surface area contributed by atoms with Gasteiger partial charge in [-0.15, -0.1) is 0 Å². The van der Waals surface area contributed by atoms with Gasteiger partial charge < -0.3 is 32.5 Å². The van der Waals surface area contributed by atoms with Crippen molar-refractivity contribution in [3.63, 3.8) is 0 Å². The van der Waals surface area contributed by atoms with Crippen LogP contribution in [0.3, 0.4) is 0 Å². The van der Waals surface area contributed by atoms with Gasteiger partial charge in [0.2, 0.25) is 17.7 Å². The number of rotatable bonds is 16. The summed E-state index contributed by atoms with van der Waals surface area (Å²) in [5.74, 6) is -8.56. The maximum atomic E-state index is 11.2. The van der Waals surface area contributed by atoms with Crippen molar-refractivity contribution in [2.24, 2.45) is 52.7 Å². The first-order valence-corrected chi connectivity index (χ1v) is 11.1. The van der Waals surface area contributed by atoms with Crippen molar-refractivity contribution < 1.29 is 44.1 Å². The van der Waals surface area contributed by atoms with E-state index in [9.17, 15) is 28.8 Å². The molecule has 0 fully saturated rings. The molecule has 0 aliphatic heterocycles. The lowest BCUT2D eigenvalue weighted by atomic mass is 9.85. The van der Waals surface area contributed by atoms with E-state index in [1.54, 1.807) is 13.8 Å². The highest BCUT2D eigenvalue weighted by Crippen LogP contribution is 2.23. The molecular formula is C22H39N3O9.